The van der Waals surface area contributed by atoms with E-state index in [1.807, 2.05) is 6.07 Å². The van der Waals surface area contributed by atoms with E-state index in [9.17, 15) is 5.11 Å². The van der Waals surface area contributed by atoms with E-state index in [4.69, 9.17) is 14.2 Å². The van der Waals surface area contributed by atoms with Gasteiger partial charge in [0.15, 0.2) is 11.5 Å². The Morgan fingerprint density at radius 3 is 2.11 bits per heavy atom. The van der Waals surface area contributed by atoms with Gasteiger partial charge in [0.1, 0.15) is 5.75 Å². The largest absolute Gasteiger partial charge is 0.496 e. The molecule has 0 saturated carbocycles. The molecule has 0 bridgehead atoms. The van der Waals surface area contributed by atoms with Gasteiger partial charge in [-0.15, -0.1) is 0 Å². The van der Waals surface area contributed by atoms with Gasteiger partial charge in [-0.05, 0) is 19.0 Å². The molecule has 0 fully saturated rings. The van der Waals surface area contributed by atoms with Crippen LogP contribution in [0.3, 0.4) is 0 Å². The molecule has 1 unspecified atom stereocenters. The molecule has 1 aromatic rings. The van der Waals surface area contributed by atoms with Crippen molar-refractivity contribution in [3.63, 3.8) is 0 Å². The van der Waals surface area contributed by atoms with Crippen LogP contribution >= 0.6 is 0 Å². The van der Waals surface area contributed by atoms with Gasteiger partial charge in [0.05, 0.1) is 34.0 Å². The predicted molar refractivity (Wildman–Crippen MR) is 74.2 cm³/mol. The van der Waals surface area contributed by atoms with Crippen molar-refractivity contribution in [2.45, 2.75) is 19.4 Å². The summed E-state index contributed by atoms with van der Waals surface area (Å²) < 4.78 is 15.9. The van der Waals surface area contributed by atoms with E-state index in [0.717, 1.165) is 18.5 Å². The number of methoxy groups -OCH3 is 3. The third-order valence-electron chi connectivity index (χ3n) is 2.93. The van der Waals surface area contributed by atoms with Crippen molar-refractivity contribution in [3.8, 4) is 17.2 Å². The first kappa shape index (κ1) is 15.6. The lowest BCUT2D eigenvalue weighted by molar-refractivity contribution is 0.240. The summed E-state index contributed by atoms with van der Waals surface area (Å²) in [5.41, 5.74) is 0.858. The molecule has 5 nitrogen and oxygen atoms in total. The van der Waals surface area contributed by atoms with Gasteiger partial charge in [0.25, 0.3) is 0 Å². The lowest BCUT2D eigenvalue weighted by Crippen LogP contribution is -2.25. The highest BCUT2D eigenvalue weighted by atomic mass is 16.5. The summed E-state index contributed by atoms with van der Waals surface area (Å²) in [4.78, 5) is 0. The fourth-order valence-corrected chi connectivity index (χ4v) is 1.92. The average molecular weight is 269 g/mol. The Bertz CT molecular complexity index is 395. The first-order valence-corrected chi connectivity index (χ1v) is 6.35. The molecule has 0 aliphatic rings. The third-order valence-corrected chi connectivity index (χ3v) is 2.93. The van der Waals surface area contributed by atoms with Crippen LogP contribution in [0, 0.1) is 0 Å². The topological polar surface area (TPSA) is 60.0 Å². The van der Waals surface area contributed by atoms with E-state index in [2.05, 4.69) is 12.2 Å². The Morgan fingerprint density at radius 1 is 1.05 bits per heavy atom. The van der Waals surface area contributed by atoms with Crippen LogP contribution < -0.4 is 19.5 Å². The monoisotopic (exact) mass is 269 g/mol. The maximum atomic E-state index is 9.53. The number of benzene rings is 1. The van der Waals surface area contributed by atoms with Gasteiger partial charge < -0.3 is 24.6 Å². The highest BCUT2D eigenvalue weighted by molar-refractivity contribution is 5.51. The molecule has 0 amide bonds. The molecule has 0 heterocycles. The van der Waals surface area contributed by atoms with Crippen LogP contribution in [0.4, 0.5) is 0 Å². The molecule has 108 valence electrons. The summed E-state index contributed by atoms with van der Waals surface area (Å²) in [6.07, 6.45) is 0.992. The number of rotatable bonds is 8. The number of ether oxygens (including phenoxy) is 3. The van der Waals surface area contributed by atoms with Crippen LogP contribution in [0.1, 0.15) is 24.9 Å². The molecule has 2 N–H and O–H groups in total. The second-order valence-corrected chi connectivity index (χ2v) is 4.14. The zero-order valence-corrected chi connectivity index (χ0v) is 12.0. The molecular formula is C14H23NO4. The third kappa shape index (κ3) is 3.75. The van der Waals surface area contributed by atoms with Crippen LogP contribution in [0.15, 0.2) is 12.1 Å². The van der Waals surface area contributed by atoms with Gasteiger partial charge in [0, 0.05) is 11.6 Å². The first-order chi connectivity index (χ1) is 9.21. The molecule has 19 heavy (non-hydrogen) atoms. The standard InChI is InChI=1S/C14H23NO4/c1-5-6-15-11(9-16)10-7-13(18-3)14(19-4)8-12(10)17-2/h7-8,11,15-16H,5-6,9H2,1-4H3. The van der Waals surface area contributed by atoms with Crippen LogP contribution in [0.2, 0.25) is 0 Å². The Morgan fingerprint density at radius 2 is 1.63 bits per heavy atom. The molecule has 0 saturated heterocycles. The van der Waals surface area contributed by atoms with Crippen molar-refractivity contribution < 1.29 is 19.3 Å². The Hall–Kier alpha value is -1.46. The molecule has 1 aromatic carbocycles. The number of aliphatic hydroxyl groups is 1. The van der Waals surface area contributed by atoms with Crippen molar-refractivity contribution in [1.82, 2.24) is 5.32 Å². The number of hydrogen-bond acceptors (Lipinski definition) is 5. The number of hydrogen-bond donors (Lipinski definition) is 2. The van der Waals surface area contributed by atoms with E-state index < -0.39 is 0 Å². The van der Waals surface area contributed by atoms with E-state index in [0.29, 0.717) is 17.2 Å². The van der Waals surface area contributed by atoms with Crippen LogP contribution in [-0.4, -0.2) is 39.6 Å². The average Bonchev–Trinajstić information content (AvgIpc) is 2.47. The molecule has 0 aromatic heterocycles. The van der Waals surface area contributed by atoms with Gasteiger partial charge in [-0.1, -0.05) is 6.92 Å². The van der Waals surface area contributed by atoms with E-state index in [1.165, 1.54) is 0 Å². The quantitative estimate of drug-likeness (QED) is 0.753. The minimum atomic E-state index is -0.185. The van der Waals surface area contributed by atoms with Crippen molar-refractivity contribution >= 4 is 0 Å². The highest BCUT2D eigenvalue weighted by Crippen LogP contribution is 2.37. The van der Waals surface area contributed by atoms with Gasteiger partial charge in [-0.2, -0.15) is 0 Å². The van der Waals surface area contributed by atoms with Gasteiger partial charge >= 0.3 is 0 Å². The maximum Gasteiger partial charge on any atom is 0.164 e. The smallest absolute Gasteiger partial charge is 0.164 e. The Balaban J connectivity index is 3.15. The summed E-state index contributed by atoms with van der Waals surface area (Å²) >= 11 is 0. The minimum absolute atomic E-state index is 0.00809. The number of aliphatic hydroxyl groups excluding tert-OH is 1. The highest BCUT2D eigenvalue weighted by Gasteiger charge is 2.18. The zero-order valence-electron chi connectivity index (χ0n) is 12.0. The SMILES string of the molecule is CCCNC(CO)c1cc(OC)c(OC)cc1OC. The summed E-state index contributed by atoms with van der Waals surface area (Å²) in [6.45, 7) is 2.89. The lowest BCUT2D eigenvalue weighted by atomic mass is 10.0. The Kier molecular flexibility index (Phi) is 6.45. The van der Waals surface area contributed by atoms with E-state index in [1.54, 1.807) is 27.4 Å². The first-order valence-electron chi connectivity index (χ1n) is 6.35. The van der Waals surface area contributed by atoms with Gasteiger partial charge in [-0.25, -0.2) is 0 Å². The van der Waals surface area contributed by atoms with Crippen molar-refractivity contribution in [2.75, 3.05) is 34.5 Å². The summed E-state index contributed by atoms with van der Waals surface area (Å²) in [6, 6.07) is 3.42. The fourth-order valence-electron chi connectivity index (χ4n) is 1.92. The fraction of sp³-hybridized carbons (Fsp3) is 0.571. The normalized spacial score (nSPS) is 12.1. The van der Waals surface area contributed by atoms with Crippen molar-refractivity contribution in [1.29, 1.82) is 0 Å². The molecule has 1 rings (SSSR count). The van der Waals surface area contributed by atoms with Gasteiger partial charge in [0.2, 0.25) is 0 Å². The molecule has 0 aliphatic heterocycles. The molecule has 0 spiro atoms. The predicted octanol–water partition coefficient (Wildman–Crippen LogP) is 1.75. The maximum absolute atomic E-state index is 9.53. The zero-order chi connectivity index (χ0) is 14.3. The summed E-state index contributed by atoms with van der Waals surface area (Å²) in [5, 5.41) is 12.8. The lowest BCUT2D eigenvalue weighted by Gasteiger charge is -2.21. The van der Waals surface area contributed by atoms with E-state index >= 15 is 0 Å². The second kappa shape index (κ2) is 7.86. The number of nitrogens with one attached hydrogen (secondary N) is 1. The Labute approximate surface area is 114 Å². The minimum Gasteiger partial charge on any atom is -0.496 e. The molecule has 0 radical (unpaired) electrons. The molecule has 0 aliphatic carbocycles. The van der Waals surface area contributed by atoms with Gasteiger partial charge in [-0.3, -0.25) is 0 Å². The van der Waals surface area contributed by atoms with E-state index in [-0.39, 0.29) is 12.6 Å². The summed E-state index contributed by atoms with van der Waals surface area (Å²) in [5.74, 6) is 1.89. The second-order valence-electron chi connectivity index (χ2n) is 4.14. The molecule has 5 heteroatoms. The van der Waals surface area contributed by atoms with Crippen LogP contribution in [0.25, 0.3) is 0 Å². The van der Waals surface area contributed by atoms with Crippen molar-refractivity contribution in [2.24, 2.45) is 0 Å². The molecule has 1 atom stereocenters. The molecular weight excluding hydrogens is 246 g/mol. The van der Waals surface area contributed by atoms with Crippen LogP contribution in [0.5, 0.6) is 17.2 Å². The summed E-state index contributed by atoms with van der Waals surface area (Å²) in [7, 11) is 4.76. The van der Waals surface area contributed by atoms with Crippen LogP contribution in [-0.2, 0) is 0 Å². The van der Waals surface area contributed by atoms with Crippen molar-refractivity contribution in [3.05, 3.63) is 17.7 Å².